The lowest BCUT2D eigenvalue weighted by Crippen LogP contribution is -2.23. The Balaban J connectivity index is 2.28. The van der Waals surface area contributed by atoms with Gasteiger partial charge in [-0.15, -0.1) is 0 Å². The summed E-state index contributed by atoms with van der Waals surface area (Å²) in [5, 5.41) is 9.11. The fourth-order valence-electron chi connectivity index (χ4n) is 2.15. The molecule has 0 bridgehead atoms. The number of anilines is 1. The highest BCUT2D eigenvalue weighted by atomic mass is 16.3. The van der Waals surface area contributed by atoms with Gasteiger partial charge in [0.05, 0.1) is 12.6 Å². The average molecular weight is 206 g/mol. The van der Waals surface area contributed by atoms with Crippen LogP contribution >= 0.6 is 0 Å². The van der Waals surface area contributed by atoms with Crippen LogP contribution in [0.2, 0.25) is 0 Å². The highest BCUT2D eigenvalue weighted by Gasteiger charge is 2.17. The summed E-state index contributed by atoms with van der Waals surface area (Å²) < 4.78 is 0. The van der Waals surface area contributed by atoms with Crippen LogP contribution in [0.3, 0.4) is 0 Å². The molecular formula is C12H18N2O. The van der Waals surface area contributed by atoms with Crippen molar-refractivity contribution in [3.05, 3.63) is 29.8 Å². The van der Waals surface area contributed by atoms with Crippen LogP contribution in [0.1, 0.15) is 24.4 Å². The molecule has 3 nitrogen and oxygen atoms in total. The summed E-state index contributed by atoms with van der Waals surface area (Å²) >= 11 is 0. The molecule has 0 spiro atoms. The Kier molecular flexibility index (Phi) is 3.23. The van der Waals surface area contributed by atoms with Gasteiger partial charge < -0.3 is 15.7 Å². The van der Waals surface area contributed by atoms with Crippen LogP contribution in [-0.4, -0.2) is 24.8 Å². The summed E-state index contributed by atoms with van der Waals surface area (Å²) in [6.45, 7) is 2.22. The lowest BCUT2D eigenvalue weighted by Gasteiger charge is -2.23. The highest BCUT2D eigenvalue weighted by molar-refractivity contribution is 5.55. The molecule has 15 heavy (non-hydrogen) atoms. The predicted octanol–water partition coefficient (Wildman–Crippen LogP) is 1.28. The zero-order valence-electron chi connectivity index (χ0n) is 8.89. The molecule has 0 unspecified atom stereocenters. The summed E-state index contributed by atoms with van der Waals surface area (Å²) in [6, 6.07) is 7.85. The van der Waals surface area contributed by atoms with Crippen LogP contribution in [0.4, 0.5) is 5.69 Å². The third-order valence-corrected chi connectivity index (χ3v) is 2.98. The second-order valence-corrected chi connectivity index (χ2v) is 4.04. The van der Waals surface area contributed by atoms with Crippen molar-refractivity contribution in [1.82, 2.24) is 0 Å². The number of para-hydroxylation sites is 1. The average Bonchev–Trinajstić information content (AvgIpc) is 2.81. The number of aliphatic hydroxyl groups excluding tert-OH is 1. The van der Waals surface area contributed by atoms with Gasteiger partial charge in [0.15, 0.2) is 0 Å². The number of nitrogens with two attached hydrogens (primary N) is 1. The zero-order chi connectivity index (χ0) is 10.7. The van der Waals surface area contributed by atoms with Gasteiger partial charge in [0, 0.05) is 18.8 Å². The van der Waals surface area contributed by atoms with Crippen molar-refractivity contribution < 1.29 is 5.11 Å². The monoisotopic (exact) mass is 206 g/mol. The Labute approximate surface area is 90.5 Å². The number of hydrogen-bond acceptors (Lipinski definition) is 3. The number of rotatable bonds is 3. The van der Waals surface area contributed by atoms with Gasteiger partial charge in [0.1, 0.15) is 0 Å². The van der Waals surface area contributed by atoms with E-state index in [0.717, 1.165) is 18.7 Å². The Bertz CT molecular complexity index is 321. The van der Waals surface area contributed by atoms with Gasteiger partial charge in [-0.3, -0.25) is 0 Å². The molecule has 0 aromatic heterocycles. The van der Waals surface area contributed by atoms with Gasteiger partial charge in [-0.2, -0.15) is 0 Å². The molecule has 1 aromatic rings. The molecular weight excluding hydrogens is 188 g/mol. The molecule has 0 aliphatic carbocycles. The molecule has 1 saturated heterocycles. The standard InChI is InChI=1S/C12H18N2O/c13-11(9-15)10-5-1-2-6-12(10)14-7-3-4-8-14/h1-2,5-6,11,15H,3-4,7-9,13H2/t11-/m1/s1. The minimum atomic E-state index is -0.262. The van der Waals surface area contributed by atoms with Gasteiger partial charge >= 0.3 is 0 Å². The third kappa shape index (κ3) is 2.13. The molecule has 1 atom stereocenters. The summed E-state index contributed by atoms with van der Waals surface area (Å²) in [5.41, 5.74) is 8.13. The minimum Gasteiger partial charge on any atom is -0.394 e. The Morgan fingerprint density at radius 1 is 1.27 bits per heavy atom. The number of hydrogen-bond donors (Lipinski definition) is 2. The van der Waals surface area contributed by atoms with Crippen molar-refractivity contribution in [3.8, 4) is 0 Å². The molecule has 3 N–H and O–H groups in total. The van der Waals surface area contributed by atoms with E-state index in [1.165, 1.54) is 18.5 Å². The normalized spacial score (nSPS) is 18.1. The van der Waals surface area contributed by atoms with Crippen molar-refractivity contribution in [2.75, 3.05) is 24.6 Å². The van der Waals surface area contributed by atoms with Gasteiger partial charge in [-0.1, -0.05) is 18.2 Å². The summed E-state index contributed by atoms with van der Waals surface area (Å²) in [4.78, 5) is 2.35. The molecule has 0 saturated carbocycles. The largest absolute Gasteiger partial charge is 0.394 e. The Morgan fingerprint density at radius 2 is 1.93 bits per heavy atom. The van der Waals surface area contributed by atoms with Crippen LogP contribution in [0, 0.1) is 0 Å². The van der Waals surface area contributed by atoms with Crippen LogP contribution in [0.15, 0.2) is 24.3 Å². The molecule has 1 aliphatic rings. The second kappa shape index (κ2) is 4.64. The lowest BCUT2D eigenvalue weighted by molar-refractivity contribution is 0.268. The molecule has 0 radical (unpaired) electrons. The molecule has 82 valence electrons. The number of benzene rings is 1. The lowest BCUT2D eigenvalue weighted by atomic mass is 10.1. The van der Waals surface area contributed by atoms with Gasteiger partial charge in [-0.05, 0) is 24.5 Å². The van der Waals surface area contributed by atoms with Gasteiger partial charge in [0.2, 0.25) is 0 Å². The minimum absolute atomic E-state index is 0.00481. The van der Waals surface area contributed by atoms with E-state index in [0.29, 0.717) is 0 Å². The predicted molar refractivity (Wildman–Crippen MR) is 61.9 cm³/mol. The van der Waals surface area contributed by atoms with Gasteiger partial charge in [-0.25, -0.2) is 0 Å². The van der Waals surface area contributed by atoms with E-state index in [2.05, 4.69) is 11.0 Å². The SMILES string of the molecule is N[C@H](CO)c1ccccc1N1CCCC1. The van der Waals surface area contributed by atoms with Crippen LogP contribution in [0.5, 0.6) is 0 Å². The van der Waals surface area contributed by atoms with Gasteiger partial charge in [0.25, 0.3) is 0 Å². The maximum atomic E-state index is 9.11. The quantitative estimate of drug-likeness (QED) is 0.783. The number of nitrogens with zero attached hydrogens (tertiary/aromatic N) is 1. The van der Waals surface area contributed by atoms with Crippen molar-refractivity contribution in [2.24, 2.45) is 5.73 Å². The fourth-order valence-corrected chi connectivity index (χ4v) is 2.15. The van der Waals surface area contributed by atoms with Crippen molar-refractivity contribution in [2.45, 2.75) is 18.9 Å². The molecule has 1 aliphatic heterocycles. The van der Waals surface area contributed by atoms with E-state index >= 15 is 0 Å². The Hall–Kier alpha value is -1.06. The second-order valence-electron chi connectivity index (χ2n) is 4.04. The van der Waals surface area contributed by atoms with Crippen LogP contribution in [0.25, 0.3) is 0 Å². The molecule has 1 fully saturated rings. The summed E-state index contributed by atoms with van der Waals surface area (Å²) in [5.74, 6) is 0. The Morgan fingerprint density at radius 3 is 2.60 bits per heavy atom. The summed E-state index contributed by atoms with van der Waals surface area (Å²) in [6.07, 6.45) is 2.51. The van der Waals surface area contributed by atoms with E-state index in [9.17, 15) is 0 Å². The first-order chi connectivity index (χ1) is 7.33. The highest BCUT2D eigenvalue weighted by Crippen LogP contribution is 2.27. The summed E-state index contributed by atoms with van der Waals surface area (Å²) in [7, 11) is 0. The zero-order valence-corrected chi connectivity index (χ0v) is 8.89. The topological polar surface area (TPSA) is 49.5 Å². The van der Waals surface area contributed by atoms with E-state index in [1.54, 1.807) is 0 Å². The van der Waals surface area contributed by atoms with E-state index in [4.69, 9.17) is 10.8 Å². The first-order valence-electron chi connectivity index (χ1n) is 5.53. The maximum Gasteiger partial charge on any atom is 0.0625 e. The third-order valence-electron chi connectivity index (χ3n) is 2.98. The molecule has 2 rings (SSSR count). The maximum absolute atomic E-state index is 9.11. The molecule has 1 aromatic carbocycles. The van der Waals surface area contributed by atoms with Crippen molar-refractivity contribution in [3.63, 3.8) is 0 Å². The molecule has 0 amide bonds. The smallest absolute Gasteiger partial charge is 0.0625 e. The fraction of sp³-hybridized carbons (Fsp3) is 0.500. The molecule has 3 heteroatoms. The van der Waals surface area contributed by atoms with Crippen LogP contribution < -0.4 is 10.6 Å². The molecule has 1 heterocycles. The van der Waals surface area contributed by atoms with E-state index < -0.39 is 0 Å². The van der Waals surface area contributed by atoms with Crippen molar-refractivity contribution in [1.29, 1.82) is 0 Å². The van der Waals surface area contributed by atoms with E-state index in [-0.39, 0.29) is 12.6 Å². The van der Waals surface area contributed by atoms with Crippen LogP contribution in [-0.2, 0) is 0 Å². The first kappa shape index (κ1) is 10.5. The number of aliphatic hydroxyl groups is 1. The van der Waals surface area contributed by atoms with E-state index in [1.807, 2.05) is 18.2 Å². The first-order valence-corrected chi connectivity index (χ1v) is 5.53. The van der Waals surface area contributed by atoms with Crippen molar-refractivity contribution >= 4 is 5.69 Å².